The molecule has 1 aliphatic rings. The van der Waals surface area contributed by atoms with E-state index in [2.05, 4.69) is 9.46 Å². The van der Waals surface area contributed by atoms with E-state index in [0.717, 1.165) is 11.3 Å². The Morgan fingerprint density at radius 3 is 2.50 bits per heavy atom. The van der Waals surface area contributed by atoms with Crippen molar-refractivity contribution < 1.29 is 27.9 Å². The molecule has 0 bridgehead atoms. The highest BCUT2D eigenvalue weighted by molar-refractivity contribution is 7.89. The molecule has 0 radical (unpaired) electrons. The van der Waals surface area contributed by atoms with Crippen LogP contribution in [0.15, 0.2) is 16.3 Å². The first-order chi connectivity index (χ1) is 10.3. The highest BCUT2D eigenvalue weighted by atomic mass is 32.2. The summed E-state index contributed by atoms with van der Waals surface area (Å²) >= 11 is 1.00. The Bertz CT molecular complexity index is 658. The van der Waals surface area contributed by atoms with E-state index in [1.165, 1.54) is 18.6 Å². The highest BCUT2D eigenvalue weighted by Crippen LogP contribution is 2.27. The molecular formula is C13H17NO6S2. The molecule has 9 heteroatoms. The molecule has 1 aromatic rings. The number of ether oxygens (including phenoxy) is 1. The zero-order valence-electron chi connectivity index (χ0n) is 11.9. The van der Waals surface area contributed by atoms with Gasteiger partial charge in [0.15, 0.2) is 0 Å². The van der Waals surface area contributed by atoms with Gasteiger partial charge in [-0.05, 0) is 37.1 Å². The Kier molecular flexibility index (Phi) is 5.20. The smallest absolute Gasteiger partial charge is 0.349 e. The number of hydrogen-bond donors (Lipinski definition) is 2. The number of hydrogen-bond acceptors (Lipinski definition) is 6. The zero-order chi connectivity index (χ0) is 16.3. The summed E-state index contributed by atoms with van der Waals surface area (Å²) in [5.74, 6) is -1.94. The van der Waals surface area contributed by atoms with E-state index in [1.807, 2.05) is 0 Å². The van der Waals surface area contributed by atoms with Gasteiger partial charge in [-0.15, -0.1) is 11.3 Å². The molecule has 1 aromatic heterocycles. The van der Waals surface area contributed by atoms with Crippen LogP contribution in [0.25, 0.3) is 0 Å². The first-order valence-corrected chi connectivity index (χ1v) is 9.12. The average molecular weight is 347 g/mol. The normalized spacial score (nSPS) is 22.2. The molecule has 2 N–H and O–H groups in total. The number of thiophene rings is 1. The molecule has 1 fully saturated rings. The fraction of sp³-hybridized carbons (Fsp3) is 0.538. The van der Waals surface area contributed by atoms with Gasteiger partial charge in [-0.25, -0.2) is 17.9 Å². The quantitative estimate of drug-likeness (QED) is 0.780. The van der Waals surface area contributed by atoms with Crippen molar-refractivity contribution in [2.75, 3.05) is 7.11 Å². The van der Waals surface area contributed by atoms with E-state index in [4.69, 9.17) is 5.11 Å². The second-order valence-corrected chi connectivity index (χ2v) is 7.71. The van der Waals surface area contributed by atoms with E-state index in [1.54, 1.807) is 0 Å². The van der Waals surface area contributed by atoms with Crippen LogP contribution in [0.4, 0.5) is 0 Å². The molecule has 1 aliphatic carbocycles. The molecule has 0 spiro atoms. The van der Waals surface area contributed by atoms with Crippen molar-refractivity contribution in [2.24, 2.45) is 5.92 Å². The number of nitrogens with one attached hydrogen (secondary N) is 1. The minimum atomic E-state index is -3.83. The monoisotopic (exact) mass is 347 g/mol. The van der Waals surface area contributed by atoms with E-state index < -0.39 is 27.9 Å². The van der Waals surface area contributed by atoms with Crippen LogP contribution in [0.3, 0.4) is 0 Å². The van der Waals surface area contributed by atoms with Crippen LogP contribution in [0.5, 0.6) is 0 Å². The third-order valence-corrected chi connectivity index (χ3v) is 6.27. The first kappa shape index (κ1) is 16.9. The van der Waals surface area contributed by atoms with Crippen molar-refractivity contribution in [3.8, 4) is 0 Å². The summed E-state index contributed by atoms with van der Waals surface area (Å²) < 4.78 is 31.9. The van der Waals surface area contributed by atoms with Crippen molar-refractivity contribution in [1.82, 2.24) is 4.72 Å². The largest absolute Gasteiger partial charge is 0.481 e. The van der Waals surface area contributed by atoms with E-state index in [-0.39, 0.29) is 15.8 Å². The lowest BCUT2D eigenvalue weighted by atomic mass is 9.87. The Balaban J connectivity index is 2.08. The summed E-state index contributed by atoms with van der Waals surface area (Å²) in [6.07, 6.45) is 1.81. The Labute approximate surface area is 132 Å². The number of carboxylic acids is 1. The maximum atomic E-state index is 12.4. The fourth-order valence-corrected chi connectivity index (χ4v) is 5.13. The van der Waals surface area contributed by atoms with Crippen molar-refractivity contribution in [1.29, 1.82) is 0 Å². The molecule has 122 valence electrons. The van der Waals surface area contributed by atoms with Crippen LogP contribution in [0.2, 0.25) is 0 Å². The molecule has 7 nitrogen and oxygen atoms in total. The van der Waals surface area contributed by atoms with Gasteiger partial charge in [0, 0.05) is 6.04 Å². The molecule has 0 atom stereocenters. The van der Waals surface area contributed by atoms with Gasteiger partial charge in [0.2, 0.25) is 10.0 Å². The van der Waals surface area contributed by atoms with Gasteiger partial charge in [-0.2, -0.15) is 0 Å². The zero-order valence-corrected chi connectivity index (χ0v) is 13.6. The predicted molar refractivity (Wildman–Crippen MR) is 79.4 cm³/mol. The van der Waals surface area contributed by atoms with Gasteiger partial charge >= 0.3 is 11.9 Å². The number of esters is 1. The summed E-state index contributed by atoms with van der Waals surface area (Å²) in [6, 6.07) is 1.05. The molecular weight excluding hydrogens is 330 g/mol. The molecule has 0 amide bonds. The molecule has 0 aliphatic heterocycles. The van der Waals surface area contributed by atoms with Crippen LogP contribution in [0.1, 0.15) is 35.4 Å². The predicted octanol–water partition coefficient (Wildman–Crippen LogP) is 1.46. The van der Waals surface area contributed by atoms with Gasteiger partial charge in [0.1, 0.15) is 9.77 Å². The van der Waals surface area contributed by atoms with E-state index in [9.17, 15) is 18.0 Å². The molecule has 1 saturated carbocycles. The van der Waals surface area contributed by atoms with Crippen molar-refractivity contribution >= 4 is 33.3 Å². The molecule has 22 heavy (non-hydrogen) atoms. The molecule has 0 aromatic carbocycles. The third-order valence-electron chi connectivity index (χ3n) is 3.69. The van der Waals surface area contributed by atoms with Crippen LogP contribution in [-0.4, -0.2) is 38.6 Å². The first-order valence-electron chi connectivity index (χ1n) is 6.76. The highest BCUT2D eigenvalue weighted by Gasteiger charge is 2.31. The minimum Gasteiger partial charge on any atom is -0.481 e. The second-order valence-electron chi connectivity index (χ2n) is 5.11. The van der Waals surface area contributed by atoms with E-state index >= 15 is 0 Å². The number of carbonyl (C=O) groups excluding carboxylic acids is 1. The van der Waals surface area contributed by atoms with Crippen LogP contribution < -0.4 is 4.72 Å². The Morgan fingerprint density at radius 2 is 1.95 bits per heavy atom. The van der Waals surface area contributed by atoms with Crippen molar-refractivity contribution in [3.05, 3.63) is 16.3 Å². The SMILES string of the molecule is COC(=O)c1sccc1S(=O)(=O)NC1CCC(C(=O)O)CC1. The number of methoxy groups -OCH3 is 1. The van der Waals surface area contributed by atoms with Crippen LogP contribution in [0, 0.1) is 5.92 Å². The van der Waals surface area contributed by atoms with Gasteiger partial charge in [-0.3, -0.25) is 4.79 Å². The molecule has 2 rings (SSSR count). The molecule has 1 heterocycles. The summed E-state index contributed by atoms with van der Waals surface area (Å²) in [6.45, 7) is 0. The minimum absolute atomic E-state index is 0.0363. The van der Waals surface area contributed by atoms with Gasteiger partial charge in [-0.1, -0.05) is 0 Å². The lowest BCUT2D eigenvalue weighted by Gasteiger charge is -2.26. The Hall–Kier alpha value is -1.45. The summed E-state index contributed by atoms with van der Waals surface area (Å²) in [4.78, 5) is 22.4. The van der Waals surface area contributed by atoms with Gasteiger partial charge in [0.25, 0.3) is 0 Å². The van der Waals surface area contributed by atoms with Gasteiger partial charge in [0.05, 0.1) is 13.0 Å². The second kappa shape index (κ2) is 6.76. The summed E-state index contributed by atoms with van der Waals surface area (Å²) in [5.41, 5.74) is 0. The lowest BCUT2D eigenvalue weighted by Crippen LogP contribution is -2.39. The maximum absolute atomic E-state index is 12.4. The lowest BCUT2D eigenvalue weighted by molar-refractivity contribution is -0.142. The third kappa shape index (κ3) is 3.65. The van der Waals surface area contributed by atoms with Crippen molar-refractivity contribution in [3.63, 3.8) is 0 Å². The fourth-order valence-electron chi connectivity index (χ4n) is 2.49. The summed E-state index contributed by atoms with van der Waals surface area (Å²) in [5, 5.41) is 10.5. The van der Waals surface area contributed by atoms with Crippen LogP contribution in [-0.2, 0) is 19.6 Å². The topological polar surface area (TPSA) is 110 Å². The Morgan fingerprint density at radius 1 is 1.32 bits per heavy atom. The standard InChI is InChI=1S/C13H17NO6S2/c1-20-13(17)11-10(6-7-21-11)22(18,19)14-9-4-2-8(3-5-9)12(15)16/h6-9,14H,2-5H2,1H3,(H,15,16). The maximum Gasteiger partial charge on any atom is 0.349 e. The number of carbonyl (C=O) groups is 2. The molecule has 0 unspecified atom stereocenters. The van der Waals surface area contributed by atoms with E-state index in [0.29, 0.717) is 25.7 Å². The summed E-state index contributed by atoms with van der Waals surface area (Å²) in [7, 11) is -2.63. The molecule has 0 saturated heterocycles. The number of rotatable bonds is 5. The number of carboxylic acid groups (broad SMARTS) is 1. The number of sulfonamides is 1. The van der Waals surface area contributed by atoms with Crippen LogP contribution >= 0.6 is 11.3 Å². The van der Waals surface area contributed by atoms with Crippen molar-refractivity contribution in [2.45, 2.75) is 36.6 Å². The average Bonchev–Trinajstić information content (AvgIpc) is 2.97. The van der Waals surface area contributed by atoms with Gasteiger partial charge < -0.3 is 9.84 Å². The number of aliphatic carboxylic acids is 1.